The third kappa shape index (κ3) is 1.75. The van der Waals surface area contributed by atoms with E-state index < -0.39 is 0 Å². The molecule has 104 valence electrons. The van der Waals surface area contributed by atoms with Gasteiger partial charge >= 0.3 is 0 Å². The summed E-state index contributed by atoms with van der Waals surface area (Å²) in [5.41, 5.74) is 2.27. The van der Waals surface area contributed by atoms with Crippen molar-refractivity contribution in [3.05, 3.63) is 40.3 Å². The maximum Gasteiger partial charge on any atom is 0.276 e. The maximum absolute atomic E-state index is 12.3. The highest BCUT2D eigenvalue weighted by atomic mass is 16.1. The summed E-state index contributed by atoms with van der Waals surface area (Å²) in [5, 5.41) is 6.63. The SMILES string of the molecule is CCc1c2c(nn1C(C)(C)C)c(=O)[nH]c1ccccc12. The van der Waals surface area contributed by atoms with Crippen LogP contribution in [0.2, 0.25) is 0 Å². The summed E-state index contributed by atoms with van der Waals surface area (Å²) in [6.07, 6.45) is 0.848. The van der Waals surface area contributed by atoms with Gasteiger partial charge in [-0.1, -0.05) is 25.1 Å². The molecule has 0 saturated heterocycles. The molecule has 0 aliphatic heterocycles. The van der Waals surface area contributed by atoms with E-state index in [0.717, 1.165) is 28.4 Å². The molecule has 0 spiro atoms. The summed E-state index contributed by atoms with van der Waals surface area (Å²) in [7, 11) is 0. The number of hydrogen-bond donors (Lipinski definition) is 1. The first-order valence-corrected chi connectivity index (χ1v) is 6.96. The van der Waals surface area contributed by atoms with Crippen molar-refractivity contribution in [3.8, 4) is 0 Å². The molecule has 4 heteroatoms. The van der Waals surface area contributed by atoms with Crippen LogP contribution in [0.4, 0.5) is 0 Å². The summed E-state index contributed by atoms with van der Waals surface area (Å²) in [6.45, 7) is 8.42. The number of para-hydroxylation sites is 1. The first-order valence-electron chi connectivity index (χ1n) is 6.96. The predicted octanol–water partition coefficient (Wildman–Crippen LogP) is 3.20. The highest BCUT2D eigenvalue weighted by Crippen LogP contribution is 2.28. The Bertz CT molecular complexity index is 850. The lowest BCUT2D eigenvalue weighted by molar-refractivity contribution is 0.347. The quantitative estimate of drug-likeness (QED) is 0.737. The predicted molar refractivity (Wildman–Crippen MR) is 82.2 cm³/mol. The van der Waals surface area contributed by atoms with E-state index in [0.29, 0.717) is 5.52 Å². The number of fused-ring (bicyclic) bond motifs is 3. The lowest BCUT2D eigenvalue weighted by Gasteiger charge is -2.22. The Morgan fingerprint density at radius 2 is 1.95 bits per heavy atom. The highest BCUT2D eigenvalue weighted by molar-refractivity contribution is 6.05. The minimum Gasteiger partial charge on any atom is -0.320 e. The van der Waals surface area contributed by atoms with Crippen LogP contribution in [0.5, 0.6) is 0 Å². The van der Waals surface area contributed by atoms with E-state index in [9.17, 15) is 4.79 Å². The molecule has 20 heavy (non-hydrogen) atoms. The lowest BCUT2D eigenvalue weighted by atomic mass is 10.1. The molecule has 0 fully saturated rings. The van der Waals surface area contributed by atoms with Gasteiger partial charge in [0.15, 0.2) is 5.52 Å². The van der Waals surface area contributed by atoms with E-state index in [1.807, 2.05) is 28.9 Å². The van der Waals surface area contributed by atoms with Crippen LogP contribution >= 0.6 is 0 Å². The normalized spacial score (nSPS) is 12.4. The molecule has 0 atom stereocenters. The van der Waals surface area contributed by atoms with Crippen LogP contribution in [0.25, 0.3) is 21.8 Å². The lowest BCUT2D eigenvalue weighted by Crippen LogP contribution is -2.25. The van der Waals surface area contributed by atoms with Gasteiger partial charge in [0.25, 0.3) is 5.56 Å². The fraction of sp³-hybridized carbons (Fsp3) is 0.375. The summed E-state index contributed by atoms with van der Waals surface area (Å²) >= 11 is 0. The third-order valence-electron chi connectivity index (χ3n) is 3.61. The van der Waals surface area contributed by atoms with Crippen LogP contribution in [0.3, 0.4) is 0 Å². The minimum atomic E-state index is -0.141. The molecule has 2 heterocycles. The zero-order chi connectivity index (χ0) is 14.5. The van der Waals surface area contributed by atoms with Gasteiger partial charge < -0.3 is 4.98 Å². The molecule has 0 aliphatic carbocycles. The van der Waals surface area contributed by atoms with Crippen LogP contribution in [0, 0.1) is 0 Å². The summed E-state index contributed by atoms with van der Waals surface area (Å²) in [6, 6.07) is 7.91. The van der Waals surface area contributed by atoms with Crippen molar-refractivity contribution in [2.45, 2.75) is 39.7 Å². The first kappa shape index (κ1) is 12.9. The molecule has 0 aliphatic rings. The fourth-order valence-corrected chi connectivity index (χ4v) is 2.77. The van der Waals surface area contributed by atoms with Gasteiger partial charge in [0.2, 0.25) is 0 Å². The monoisotopic (exact) mass is 269 g/mol. The second-order valence-electron chi connectivity index (χ2n) is 6.11. The number of hydrogen-bond acceptors (Lipinski definition) is 2. The molecular formula is C16H19N3O. The Balaban J connectivity index is 2.58. The standard InChI is InChI=1S/C16H19N3O/c1-5-12-13-10-8-6-7-9-11(10)17-15(20)14(13)18-19(12)16(2,3)4/h6-9H,5H2,1-4H3,(H,17,20). The molecular weight excluding hydrogens is 250 g/mol. The number of H-pyrrole nitrogens is 1. The molecule has 0 unspecified atom stereocenters. The van der Waals surface area contributed by atoms with Crippen LogP contribution in [-0.2, 0) is 12.0 Å². The largest absolute Gasteiger partial charge is 0.320 e. The number of nitrogens with one attached hydrogen (secondary N) is 1. The topological polar surface area (TPSA) is 50.7 Å². The van der Waals surface area contributed by atoms with Gasteiger partial charge in [-0.2, -0.15) is 5.10 Å². The second-order valence-corrected chi connectivity index (χ2v) is 6.11. The maximum atomic E-state index is 12.3. The number of aryl methyl sites for hydroxylation is 1. The molecule has 0 bridgehead atoms. The van der Waals surface area contributed by atoms with Crippen molar-refractivity contribution in [1.29, 1.82) is 0 Å². The number of aromatic nitrogens is 3. The molecule has 1 aromatic carbocycles. The molecule has 3 rings (SSSR count). The van der Waals surface area contributed by atoms with Gasteiger partial charge in [-0.05, 0) is 33.3 Å². The van der Waals surface area contributed by atoms with Crippen molar-refractivity contribution in [1.82, 2.24) is 14.8 Å². The van der Waals surface area contributed by atoms with Crippen molar-refractivity contribution >= 4 is 21.8 Å². The van der Waals surface area contributed by atoms with Gasteiger partial charge in [0.05, 0.1) is 5.54 Å². The van der Waals surface area contributed by atoms with Crippen LogP contribution in [0.15, 0.2) is 29.1 Å². The van der Waals surface area contributed by atoms with Gasteiger partial charge in [0, 0.05) is 22.0 Å². The average molecular weight is 269 g/mol. The zero-order valence-corrected chi connectivity index (χ0v) is 12.3. The first-order chi connectivity index (χ1) is 9.43. The van der Waals surface area contributed by atoms with E-state index in [-0.39, 0.29) is 11.1 Å². The van der Waals surface area contributed by atoms with Crippen molar-refractivity contribution in [2.75, 3.05) is 0 Å². The number of pyridine rings is 1. The zero-order valence-electron chi connectivity index (χ0n) is 12.3. The molecule has 0 saturated carbocycles. The molecule has 4 nitrogen and oxygen atoms in total. The van der Waals surface area contributed by atoms with Crippen molar-refractivity contribution < 1.29 is 0 Å². The van der Waals surface area contributed by atoms with E-state index in [4.69, 9.17) is 0 Å². The number of rotatable bonds is 1. The minimum absolute atomic E-state index is 0.114. The Morgan fingerprint density at radius 3 is 2.60 bits per heavy atom. The molecule has 0 amide bonds. The summed E-state index contributed by atoms with van der Waals surface area (Å²) < 4.78 is 1.99. The number of aromatic amines is 1. The number of nitrogens with zero attached hydrogens (tertiary/aromatic N) is 2. The van der Waals surface area contributed by atoms with Crippen LogP contribution in [-0.4, -0.2) is 14.8 Å². The van der Waals surface area contributed by atoms with E-state index in [2.05, 4.69) is 37.8 Å². The summed E-state index contributed by atoms with van der Waals surface area (Å²) in [5.74, 6) is 0. The molecule has 3 aromatic rings. The number of benzene rings is 1. The van der Waals surface area contributed by atoms with Gasteiger partial charge in [0.1, 0.15) is 0 Å². The van der Waals surface area contributed by atoms with E-state index >= 15 is 0 Å². The molecule has 0 radical (unpaired) electrons. The van der Waals surface area contributed by atoms with E-state index in [1.165, 1.54) is 0 Å². The Hall–Kier alpha value is -2.10. The third-order valence-corrected chi connectivity index (χ3v) is 3.61. The average Bonchev–Trinajstić information content (AvgIpc) is 2.79. The Labute approximate surface area is 117 Å². The summed E-state index contributed by atoms with van der Waals surface area (Å²) in [4.78, 5) is 15.2. The Morgan fingerprint density at radius 1 is 1.25 bits per heavy atom. The van der Waals surface area contributed by atoms with Crippen molar-refractivity contribution in [3.63, 3.8) is 0 Å². The van der Waals surface area contributed by atoms with Crippen LogP contribution < -0.4 is 5.56 Å². The molecule has 2 aromatic heterocycles. The van der Waals surface area contributed by atoms with Gasteiger partial charge in [-0.15, -0.1) is 0 Å². The molecule has 1 N–H and O–H groups in total. The van der Waals surface area contributed by atoms with Crippen molar-refractivity contribution in [2.24, 2.45) is 0 Å². The van der Waals surface area contributed by atoms with Gasteiger partial charge in [-0.3, -0.25) is 9.48 Å². The van der Waals surface area contributed by atoms with Gasteiger partial charge in [-0.25, -0.2) is 0 Å². The fourth-order valence-electron chi connectivity index (χ4n) is 2.77. The van der Waals surface area contributed by atoms with Crippen LogP contribution in [0.1, 0.15) is 33.4 Å². The smallest absolute Gasteiger partial charge is 0.276 e. The highest BCUT2D eigenvalue weighted by Gasteiger charge is 2.22. The van der Waals surface area contributed by atoms with E-state index in [1.54, 1.807) is 0 Å². The Kier molecular flexibility index (Phi) is 2.71. The second kappa shape index (κ2) is 4.20.